The number of hydrogen-bond acceptors (Lipinski definition) is 6. The molecule has 0 heterocycles. The minimum Gasteiger partial charge on any atom is -0.394 e. The van der Waals surface area contributed by atoms with Crippen LogP contribution >= 0.6 is 0 Å². The quantitative estimate of drug-likeness (QED) is 0.362. The van der Waals surface area contributed by atoms with Crippen molar-refractivity contribution in [3.63, 3.8) is 0 Å². The van der Waals surface area contributed by atoms with Crippen LogP contribution in [0.25, 0.3) is 0 Å². The summed E-state index contributed by atoms with van der Waals surface area (Å²) in [5, 5.41) is 30.1. The van der Waals surface area contributed by atoms with Crippen LogP contribution in [-0.4, -0.2) is 52.7 Å². The molecule has 0 radical (unpaired) electrons. The molecule has 15 heavy (non-hydrogen) atoms. The van der Waals surface area contributed by atoms with Gasteiger partial charge in [-0.25, -0.2) is 0 Å². The van der Waals surface area contributed by atoms with Gasteiger partial charge in [0.25, 0.3) is 0 Å². The van der Waals surface area contributed by atoms with E-state index in [1.807, 2.05) is 0 Å². The van der Waals surface area contributed by atoms with Gasteiger partial charge in [0, 0.05) is 0 Å². The molecular formula is C9H17NO5. The fourth-order valence-electron chi connectivity index (χ4n) is 0.770. The number of rotatable bonds is 8. The zero-order chi connectivity index (χ0) is 11.7. The minimum atomic E-state index is -0.849. The number of nitrogens with zero attached hydrogens (tertiary/aromatic N) is 1. The fourth-order valence-corrected chi connectivity index (χ4v) is 0.770. The predicted molar refractivity (Wildman–Crippen MR) is 53.5 cm³/mol. The van der Waals surface area contributed by atoms with E-state index in [4.69, 9.17) is 10.2 Å². The smallest absolute Gasteiger partial charge is 0.174 e. The van der Waals surface area contributed by atoms with Gasteiger partial charge in [-0.1, -0.05) is 5.16 Å². The van der Waals surface area contributed by atoms with Crippen LogP contribution in [-0.2, 0) is 9.63 Å². The fraction of sp³-hybridized carbons (Fsp3) is 0.778. The SMILES string of the molecule is CC(=O)CO/N=C/C(O)CCC(O)CO. The van der Waals surface area contributed by atoms with Crippen molar-refractivity contribution in [2.24, 2.45) is 5.16 Å². The molecule has 0 aromatic carbocycles. The molecule has 0 fully saturated rings. The number of hydrogen-bond donors (Lipinski definition) is 3. The lowest BCUT2D eigenvalue weighted by atomic mass is 10.1. The molecular weight excluding hydrogens is 202 g/mol. The third kappa shape index (κ3) is 9.33. The number of Topliss-reactive ketones (excluding diaryl/α,β-unsaturated/α-hetero) is 1. The molecule has 0 aromatic heterocycles. The number of oxime groups is 1. The average molecular weight is 219 g/mol. The zero-order valence-corrected chi connectivity index (χ0v) is 8.67. The van der Waals surface area contributed by atoms with Gasteiger partial charge < -0.3 is 20.2 Å². The number of ketones is 1. The van der Waals surface area contributed by atoms with Gasteiger partial charge in [0.2, 0.25) is 0 Å². The summed E-state index contributed by atoms with van der Waals surface area (Å²) in [7, 11) is 0. The Morgan fingerprint density at radius 3 is 2.67 bits per heavy atom. The third-order valence-electron chi connectivity index (χ3n) is 1.58. The third-order valence-corrected chi connectivity index (χ3v) is 1.58. The molecule has 6 heteroatoms. The summed E-state index contributed by atoms with van der Waals surface area (Å²) in [6.07, 6.45) is 0.0160. The van der Waals surface area contributed by atoms with Gasteiger partial charge in [0.05, 0.1) is 25.0 Å². The molecule has 0 bridgehead atoms. The van der Waals surface area contributed by atoms with Crippen LogP contribution in [0.1, 0.15) is 19.8 Å². The first kappa shape index (κ1) is 14.0. The molecule has 0 aliphatic rings. The van der Waals surface area contributed by atoms with E-state index in [2.05, 4.69) is 9.99 Å². The van der Waals surface area contributed by atoms with Crippen molar-refractivity contribution in [3.8, 4) is 0 Å². The zero-order valence-electron chi connectivity index (χ0n) is 8.67. The second kappa shape index (κ2) is 8.34. The lowest BCUT2D eigenvalue weighted by Gasteiger charge is -2.08. The molecule has 6 nitrogen and oxygen atoms in total. The summed E-state index contributed by atoms with van der Waals surface area (Å²) in [4.78, 5) is 15.0. The highest BCUT2D eigenvalue weighted by atomic mass is 16.6. The summed E-state index contributed by atoms with van der Waals surface area (Å²) >= 11 is 0. The Labute approximate surface area is 88.2 Å². The van der Waals surface area contributed by atoms with E-state index in [-0.39, 0.29) is 31.8 Å². The topological polar surface area (TPSA) is 99.4 Å². The standard InChI is InChI=1S/C9H17NO5/c1-7(12)6-15-10-4-8(13)2-3-9(14)5-11/h4,8-9,11,13-14H,2-3,5-6H2,1H3/b10-4+. The highest BCUT2D eigenvalue weighted by Gasteiger charge is 2.06. The van der Waals surface area contributed by atoms with Gasteiger partial charge in [0.1, 0.15) is 0 Å². The Morgan fingerprint density at radius 2 is 2.13 bits per heavy atom. The van der Waals surface area contributed by atoms with Crippen molar-refractivity contribution >= 4 is 12.0 Å². The molecule has 3 N–H and O–H groups in total. The van der Waals surface area contributed by atoms with Crippen molar-refractivity contribution in [2.45, 2.75) is 32.0 Å². The lowest BCUT2D eigenvalue weighted by Crippen LogP contribution is -2.17. The van der Waals surface area contributed by atoms with Crippen molar-refractivity contribution < 1.29 is 25.0 Å². The number of carbonyl (C=O) groups excluding carboxylic acids is 1. The van der Waals surface area contributed by atoms with Crippen LogP contribution in [0.5, 0.6) is 0 Å². The Kier molecular flexibility index (Phi) is 7.79. The van der Waals surface area contributed by atoms with E-state index in [0.29, 0.717) is 0 Å². The van der Waals surface area contributed by atoms with Crippen LogP contribution in [0, 0.1) is 0 Å². The summed E-state index contributed by atoms with van der Waals surface area (Å²) in [5.41, 5.74) is 0. The number of aliphatic hydroxyl groups is 3. The summed E-state index contributed by atoms with van der Waals surface area (Å²) in [5.74, 6) is -0.155. The monoisotopic (exact) mass is 219 g/mol. The van der Waals surface area contributed by atoms with Crippen molar-refractivity contribution in [2.75, 3.05) is 13.2 Å². The van der Waals surface area contributed by atoms with Gasteiger partial charge in [-0.15, -0.1) is 0 Å². The molecule has 2 atom stereocenters. The predicted octanol–water partition coefficient (Wildman–Crippen LogP) is -0.928. The molecule has 0 aliphatic carbocycles. The van der Waals surface area contributed by atoms with Crippen LogP contribution in [0.2, 0.25) is 0 Å². The maximum Gasteiger partial charge on any atom is 0.174 e. The number of carbonyl (C=O) groups is 1. The van der Waals surface area contributed by atoms with Crippen LogP contribution in [0.15, 0.2) is 5.16 Å². The van der Waals surface area contributed by atoms with Gasteiger partial charge in [0.15, 0.2) is 12.4 Å². The molecule has 0 aliphatic heterocycles. The highest BCUT2D eigenvalue weighted by Crippen LogP contribution is 1.99. The van der Waals surface area contributed by atoms with E-state index in [1.165, 1.54) is 6.92 Å². The Hall–Kier alpha value is -0.980. The molecule has 0 spiro atoms. The van der Waals surface area contributed by atoms with E-state index in [9.17, 15) is 9.90 Å². The van der Waals surface area contributed by atoms with Crippen LogP contribution < -0.4 is 0 Å². The molecule has 2 unspecified atom stereocenters. The molecule has 0 saturated heterocycles. The lowest BCUT2D eigenvalue weighted by molar-refractivity contribution is -0.121. The largest absolute Gasteiger partial charge is 0.394 e. The van der Waals surface area contributed by atoms with E-state index >= 15 is 0 Å². The molecule has 0 saturated carbocycles. The summed E-state index contributed by atoms with van der Waals surface area (Å²) < 4.78 is 0. The van der Waals surface area contributed by atoms with Gasteiger partial charge in [-0.05, 0) is 19.8 Å². The van der Waals surface area contributed by atoms with E-state index in [0.717, 1.165) is 6.21 Å². The Morgan fingerprint density at radius 1 is 1.47 bits per heavy atom. The second-order valence-corrected chi connectivity index (χ2v) is 3.21. The van der Waals surface area contributed by atoms with Gasteiger partial charge in [-0.2, -0.15) is 0 Å². The van der Waals surface area contributed by atoms with Gasteiger partial charge >= 0.3 is 0 Å². The summed E-state index contributed by atoms with van der Waals surface area (Å²) in [6, 6.07) is 0. The average Bonchev–Trinajstić information content (AvgIpc) is 2.20. The van der Waals surface area contributed by atoms with Gasteiger partial charge in [-0.3, -0.25) is 4.79 Å². The first-order valence-electron chi connectivity index (χ1n) is 4.68. The Bertz CT molecular complexity index is 207. The first-order valence-corrected chi connectivity index (χ1v) is 4.68. The molecule has 0 aromatic rings. The normalized spacial score (nSPS) is 15.2. The molecule has 0 amide bonds. The maximum absolute atomic E-state index is 10.4. The number of aliphatic hydroxyl groups excluding tert-OH is 3. The minimum absolute atomic E-state index is 0.123. The molecule has 0 rings (SSSR count). The van der Waals surface area contributed by atoms with Crippen molar-refractivity contribution in [3.05, 3.63) is 0 Å². The highest BCUT2D eigenvalue weighted by molar-refractivity contribution is 5.76. The summed E-state index contributed by atoms with van der Waals surface area (Å²) in [6.45, 7) is 0.913. The second-order valence-electron chi connectivity index (χ2n) is 3.21. The Balaban J connectivity index is 3.55. The first-order chi connectivity index (χ1) is 7.06. The van der Waals surface area contributed by atoms with E-state index < -0.39 is 12.2 Å². The van der Waals surface area contributed by atoms with E-state index in [1.54, 1.807) is 0 Å². The van der Waals surface area contributed by atoms with Crippen LogP contribution in [0.3, 0.4) is 0 Å². The maximum atomic E-state index is 10.4. The van der Waals surface area contributed by atoms with Crippen molar-refractivity contribution in [1.29, 1.82) is 0 Å². The van der Waals surface area contributed by atoms with Crippen LogP contribution in [0.4, 0.5) is 0 Å². The van der Waals surface area contributed by atoms with Crippen molar-refractivity contribution in [1.82, 2.24) is 0 Å². The molecule has 88 valence electrons.